The van der Waals surface area contributed by atoms with Gasteiger partial charge in [0.2, 0.25) is 5.91 Å². The highest BCUT2D eigenvalue weighted by Gasteiger charge is 2.10. The minimum Gasteiger partial charge on any atom is -0.494 e. The van der Waals surface area contributed by atoms with Gasteiger partial charge in [0.25, 0.3) is 0 Å². The number of likely N-dealkylation sites (N-methyl/N-ethyl adjacent to an activating group) is 1. The molecule has 24 heavy (non-hydrogen) atoms. The SMILES string of the molecule is CCN(CC)C(=O)Cc1cccc(OCCCCCC(=O)OC)c1. The number of nitrogens with zero attached hydrogens (tertiary/aromatic N) is 1. The summed E-state index contributed by atoms with van der Waals surface area (Å²) in [7, 11) is 1.41. The molecule has 0 heterocycles. The van der Waals surface area contributed by atoms with E-state index in [0.717, 1.165) is 43.7 Å². The van der Waals surface area contributed by atoms with E-state index in [0.29, 0.717) is 19.4 Å². The maximum atomic E-state index is 12.1. The molecule has 0 saturated carbocycles. The molecule has 0 saturated heterocycles. The van der Waals surface area contributed by atoms with E-state index in [9.17, 15) is 9.59 Å². The van der Waals surface area contributed by atoms with Gasteiger partial charge >= 0.3 is 5.97 Å². The lowest BCUT2D eigenvalue weighted by atomic mass is 10.1. The lowest BCUT2D eigenvalue weighted by Crippen LogP contribution is -2.31. The van der Waals surface area contributed by atoms with Crippen molar-refractivity contribution in [3.63, 3.8) is 0 Å². The molecule has 0 fully saturated rings. The second kappa shape index (κ2) is 11.5. The standard InChI is InChI=1S/C19H29NO4/c1-4-20(5-2)18(21)15-16-10-9-11-17(14-16)24-13-8-6-7-12-19(22)23-3/h9-11,14H,4-8,12-13,15H2,1-3H3. The number of carbonyl (C=O) groups excluding carboxylic acids is 2. The highest BCUT2D eigenvalue weighted by molar-refractivity contribution is 5.78. The van der Waals surface area contributed by atoms with Crippen molar-refractivity contribution in [3.8, 4) is 5.75 Å². The second-order valence-corrected chi connectivity index (χ2v) is 5.63. The Balaban J connectivity index is 2.35. The first-order valence-corrected chi connectivity index (χ1v) is 8.67. The quantitative estimate of drug-likeness (QED) is 0.460. The first-order chi connectivity index (χ1) is 11.6. The third-order valence-corrected chi connectivity index (χ3v) is 3.89. The molecule has 1 rings (SSSR count). The average molecular weight is 335 g/mol. The van der Waals surface area contributed by atoms with Crippen LogP contribution in [0.3, 0.4) is 0 Å². The normalized spacial score (nSPS) is 10.3. The van der Waals surface area contributed by atoms with E-state index in [1.165, 1.54) is 7.11 Å². The van der Waals surface area contributed by atoms with E-state index in [1.54, 1.807) is 0 Å². The molecule has 5 nitrogen and oxygen atoms in total. The molecular weight excluding hydrogens is 306 g/mol. The van der Waals surface area contributed by atoms with Crippen molar-refractivity contribution >= 4 is 11.9 Å². The van der Waals surface area contributed by atoms with Crippen LogP contribution in [0.15, 0.2) is 24.3 Å². The van der Waals surface area contributed by atoms with Gasteiger partial charge in [-0.2, -0.15) is 0 Å². The van der Waals surface area contributed by atoms with Gasteiger partial charge in [0.15, 0.2) is 0 Å². The molecule has 0 aliphatic heterocycles. The van der Waals surface area contributed by atoms with Crippen molar-refractivity contribution in [2.45, 2.75) is 46.0 Å². The zero-order valence-electron chi connectivity index (χ0n) is 15.0. The fourth-order valence-corrected chi connectivity index (χ4v) is 2.45. The highest BCUT2D eigenvalue weighted by Crippen LogP contribution is 2.15. The zero-order valence-corrected chi connectivity index (χ0v) is 15.0. The van der Waals surface area contributed by atoms with Gasteiger partial charge in [0.05, 0.1) is 20.1 Å². The van der Waals surface area contributed by atoms with Crippen LogP contribution in [-0.2, 0) is 20.7 Å². The summed E-state index contributed by atoms with van der Waals surface area (Å²) in [6, 6.07) is 7.69. The Morgan fingerprint density at radius 3 is 2.50 bits per heavy atom. The molecule has 0 unspecified atom stereocenters. The van der Waals surface area contributed by atoms with Gasteiger partial charge in [-0.1, -0.05) is 12.1 Å². The van der Waals surface area contributed by atoms with Crippen LogP contribution in [0.5, 0.6) is 5.75 Å². The Bertz CT molecular complexity index is 512. The van der Waals surface area contributed by atoms with E-state index in [2.05, 4.69) is 4.74 Å². The Morgan fingerprint density at radius 1 is 1.08 bits per heavy atom. The molecule has 1 amide bonds. The fraction of sp³-hybridized carbons (Fsp3) is 0.579. The second-order valence-electron chi connectivity index (χ2n) is 5.63. The van der Waals surface area contributed by atoms with Gasteiger partial charge in [0.1, 0.15) is 5.75 Å². The summed E-state index contributed by atoms with van der Waals surface area (Å²) in [6.45, 7) is 6.05. The third-order valence-electron chi connectivity index (χ3n) is 3.89. The number of methoxy groups -OCH3 is 1. The van der Waals surface area contributed by atoms with Crippen LogP contribution < -0.4 is 4.74 Å². The van der Waals surface area contributed by atoms with E-state index in [1.807, 2.05) is 43.0 Å². The molecule has 0 aliphatic rings. The summed E-state index contributed by atoms with van der Waals surface area (Å²) in [6.07, 6.45) is 3.49. The summed E-state index contributed by atoms with van der Waals surface area (Å²) >= 11 is 0. The number of hydrogen-bond donors (Lipinski definition) is 0. The van der Waals surface area contributed by atoms with Crippen molar-refractivity contribution in [1.29, 1.82) is 0 Å². The molecule has 0 atom stereocenters. The molecule has 1 aromatic carbocycles. The fourth-order valence-electron chi connectivity index (χ4n) is 2.45. The number of ether oxygens (including phenoxy) is 2. The van der Waals surface area contributed by atoms with E-state index in [-0.39, 0.29) is 11.9 Å². The van der Waals surface area contributed by atoms with Crippen molar-refractivity contribution in [1.82, 2.24) is 4.90 Å². The predicted molar refractivity (Wildman–Crippen MR) is 94.1 cm³/mol. The number of amides is 1. The highest BCUT2D eigenvalue weighted by atomic mass is 16.5. The largest absolute Gasteiger partial charge is 0.494 e. The molecule has 0 radical (unpaired) electrons. The monoisotopic (exact) mass is 335 g/mol. The maximum absolute atomic E-state index is 12.1. The molecule has 0 bridgehead atoms. The summed E-state index contributed by atoms with van der Waals surface area (Å²) in [5.41, 5.74) is 0.968. The summed E-state index contributed by atoms with van der Waals surface area (Å²) in [4.78, 5) is 25.0. The number of unbranched alkanes of at least 4 members (excludes halogenated alkanes) is 2. The van der Waals surface area contributed by atoms with Gasteiger partial charge in [0, 0.05) is 19.5 Å². The molecular formula is C19H29NO4. The van der Waals surface area contributed by atoms with Crippen LogP contribution >= 0.6 is 0 Å². The third kappa shape index (κ3) is 7.49. The Hall–Kier alpha value is -2.04. The van der Waals surface area contributed by atoms with Gasteiger partial charge < -0.3 is 14.4 Å². The lowest BCUT2D eigenvalue weighted by Gasteiger charge is -2.18. The molecule has 134 valence electrons. The van der Waals surface area contributed by atoms with Crippen LogP contribution in [0.25, 0.3) is 0 Å². The molecule has 0 aromatic heterocycles. The van der Waals surface area contributed by atoms with Crippen molar-refractivity contribution in [2.75, 3.05) is 26.8 Å². The Labute approximate surface area is 144 Å². The zero-order chi connectivity index (χ0) is 17.8. The first kappa shape index (κ1) is 20.0. The van der Waals surface area contributed by atoms with Crippen LogP contribution in [0.4, 0.5) is 0 Å². The molecule has 5 heteroatoms. The topological polar surface area (TPSA) is 55.8 Å². The lowest BCUT2D eigenvalue weighted by molar-refractivity contribution is -0.140. The van der Waals surface area contributed by atoms with Crippen molar-refractivity contribution in [3.05, 3.63) is 29.8 Å². The number of esters is 1. The molecule has 0 aliphatic carbocycles. The van der Waals surface area contributed by atoms with Crippen molar-refractivity contribution < 1.29 is 19.1 Å². The number of hydrogen-bond acceptors (Lipinski definition) is 4. The van der Waals surface area contributed by atoms with Crippen LogP contribution in [0.2, 0.25) is 0 Å². The summed E-state index contributed by atoms with van der Waals surface area (Å²) in [5, 5.41) is 0. The van der Waals surface area contributed by atoms with Gasteiger partial charge in [-0.05, 0) is 50.8 Å². The van der Waals surface area contributed by atoms with Gasteiger partial charge in [-0.3, -0.25) is 9.59 Å². The molecule has 0 N–H and O–H groups in total. The van der Waals surface area contributed by atoms with Crippen LogP contribution in [-0.4, -0.2) is 43.6 Å². The van der Waals surface area contributed by atoms with Crippen LogP contribution in [0.1, 0.15) is 45.1 Å². The summed E-state index contributed by atoms with van der Waals surface area (Å²) in [5.74, 6) is 0.759. The Morgan fingerprint density at radius 2 is 1.83 bits per heavy atom. The smallest absolute Gasteiger partial charge is 0.305 e. The Kier molecular flexibility index (Phi) is 9.58. The van der Waals surface area contributed by atoms with Gasteiger partial charge in [-0.15, -0.1) is 0 Å². The van der Waals surface area contributed by atoms with Crippen molar-refractivity contribution in [2.24, 2.45) is 0 Å². The first-order valence-electron chi connectivity index (χ1n) is 8.67. The molecule has 0 spiro atoms. The van der Waals surface area contributed by atoms with E-state index in [4.69, 9.17) is 4.74 Å². The predicted octanol–water partition coefficient (Wildman–Crippen LogP) is 3.21. The van der Waals surface area contributed by atoms with E-state index >= 15 is 0 Å². The minimum atomic E-state index is -0.165. The average Bonchev–Trinajstić information content (AvgIpc) is 2.59. The number of benzene rings is 1. The number of rotatable bonds is 11. The van der Waals surface area contributed by atoms with Gasteiger partial charge in [-0.25, -0.2) is 0 Å². The summed E-state index contributed by atoms with van der Waals surface area (Å²) < 4.78 is 10.3. The maximum Gasteiger partial charge on any atom is 0.305 e. The minimum absolute atomic E-state index is 0.139. The molecule has 1 aromatic rings. The number of carbonyl (C=O) groups is 2. The van der Waals surface area contributed by atoms with E-state index < -0.39 is 0 Å². The van der Waals surface area contributed by atoms with Crippen LogP contribution in [0, 0.1) is 0 Å².